The summed E-state index contributed by atoms with van der Waals surface area (Å²) in [6, 6.07) is 13.2. The first-order valence-electron chi connectivity index (χ1n) is 8.65. The van der Waals surface area contributed by atoms with Gasteiger partial charge in [0.2, 0.25) is 15.9 Å². The highest BCUT2D eigenvalue weighted by molar-refractivity contribution is 7.89. The highest BCUT2D eigenvalue weighted by Gasteiger charge is 2.27. The molecule has 156 valence electrons. The van der Waals surface area contributed by atoms with E-state index in [0.29, 0.717) is 10.6 Å². The van der Waals surface area contributed by atoms with Gasteiger partial charge in [-0.2, -0.15) is 4.31 Å². The number of carbonyl (C=O) groups is 1. The fraction of sp³-hybridized carbons (Fsp3) is 0.100. The number of benzene rings is 2. The number of pyridine rings is 1. The summed E-state index contributed by atoms with van der Waals surface area (Å²) < 4.78 is 40.5. The molecule has 1 N–H and O–H groups in total. The van der Waals surface area contributed by atoms with Crippen LogP contribution in [0.4, 0.5) is 10.1 Å². The molecule has 30 heavy (non-hydrogen) atoms. The molecule has 1 heterocycles. The van der Waals surface area contributed by atoms with Gasteiger partial charge in [-0.15, -0.1) is 0 Å². The van der Waals surface area contributed by atoms with Gasteiger partial charge >= 0.3 is 0 Å². The predicted octanol–water partition coefficient (Wildman–Crippen LogP) is 4.36. The van der Waals surface area contributed by atoms with E-state index in [9.17, 15) is 17.6 Å². The van der Waals surface area contributed by atoms with Crippen molar-refractivity contribution < 1.29 is 17.6 Å². The summed E-state index contributed by atoms with van der Waals surface area (Å²) in [5.41, 5.74) is 0.890. The molecular formula is C20H16Cl2FN3O3S. The second-order valence-electron chi connectivity index (χ2n) is 6.27. The van der Waals surface area contributed by atoms with E-state index in [1.54, 1.807) is 24.3 Å². The number of carbonyl (C=O) groups excluding carboxylic acids is 1. The maximum atomic E-state index is 13.3. The Bertz CT molecular complexity index is 1140. The molecule has 0 atom stereocenters. The average Bonchev–Trinajstić information content (AvgIpc) is 2.72. The summed E-state index contributed by atoms with van der Waals surface area (Å²) in [5.74, 6) is -1.24. The Morgan fingerprint density at radius 2 is 1.83 bits per heavy atom. The summed E-state index contributed by atoms with van der Waals surface area (Å²) >= 11 is 11.6. The molecule has 6 nitrogen and oxygen atoms in total. The van der Waals surface area contributed by atoms with E-state index in [-0.39, 0.29) is 22.2 Å². The zero-order valence-corrected chi connectivity index (χ0v) is 17.8. The van der Waals surface area contributed by atoms with Gasteiger partial charge in [-0.1, -0.05) is 35.3 Å². The number of amides is 1. The van der Waals surface area contributed by atoms with E-state index in [1.165, 1.54) is 36.7 Å². The zero-order valence-electron chi connectivity index (χ0n) is 15.4. The van der Waals surface area contributed by atoms with Crippen molar-refractivity contribution in [2.75, 3.05) is 11.9 Å². The van der Waals surface area contributed by atoms with Gasteiger partial charge in [0, 0.05) is 29.6 Å². The lowest BCUT2D eigenvalue weighted by atomic mass is 10.2. The molecule has 0 radical (unpaired) electrons. The Hall–Kier alpha value is -2.52. The van der Waals surface area contributed by atoms with E-state index in [4.69, 9.17) is 23.2 Å². The minimum Gasteiger partial charge on any atom is -0.325 e. The zero-order chi connectivity index (χ0) is 21.7. The molecule has 1 aromatic heterocycles. The van der Waals surface area contributed by atoms with E-state index >= 15 is 0 Å². The first-order valence-corrected chi connectivity index (χ1v) is 10.8. The molecule has 0 bridgehead atoms. The fourth-order valence-corrected chi connectivity index (χ4v) is 4.26. The lowest BCUT2D eigenvalue weighted by Gasteiger charge is -2.22. The molecule has 0 saturated heterocycles. The molecule has 3 aromatic rings. The van der Waals surface area contributed by atoms with E-state index in [0.717, 1.165) is 10.4 Å². The minimum atomic E-state index is -4.02. The summed E-state index contributed by atoms with van der Waals surface area (Å²) in [6.45, 7) is -0.541. The van der Waals surface area contributed by atoms with Crippen LogP contribution in [-0.2, 0) is 21.4 Å². The molecule has 10 heteroatoms. The van der Waals surface area contributed by atoms with Gasteiger partial charge in [-0.3, -0.25) is 9.78 Å². The monoisotopic (exact) mass is 467 g/mol. The van der Waals surface area contributed by atoms with Crippen LogP contribution in [0.2, 0.25) is 10.0 Å². The predicted molar refractivity (Wildman–Crippen MR) is 113 cm³/mol. The number of nitrogens with one attached hydrogen (secondary N) is 1. The van der Waals surface area contributed by atoms with Crippen LogP contribution in [0.1, 0.15) is 5.56 Å². The third-order valence-electron chi connectivity index (χ3n) is 4.07. The van der Waals surface area contributed by atoms with Crippen LogP contribution in [0, 0.1) is 5.82 Å². The minimum absolute atomic E-state index is 0.0448. The topological polar surface area (TPSA) is 79.4 Å². The van der Waals surface area contributed by atoms with Crippen LogP contribution in [0.25, 0.3) is 0 Å². The average molecular weight is 468 g/mol. The van der Waals surface area contributed by atoms with Crippen LogP contribution in [0.15, 0.2) is 71.9 Å². The van der Waals surface area contributed by atoms with Gasteiger partial charge in [0.25, 0.3) is 0 Å². The molecule has 0 aliphatic heterocycles. The Morgan fingerprint density at radius 3 is 2.47 bits per heavy atom. The third kappa shape index (κ3) is 5.54. The quantitative estimate of drug-likeness (QED) is 0.559. The number of nitrogens with zero attached hydrogens (tertiary/aromatic N) is 2. The van der Waals surface area contributed by atoms with Crippen LogP contribution in [0.5, 0.6) is 0 Å². The maximum Gasteiger partial charge on any atom is 0.245 e. The number of aromatic nitrogens is 1. The van der Waals surface area contributed by atoms with Crippen molar-refractivity contribution in [2.24, 2.45) is 0 Å². The Kier molecular flexibility index (Phi) is 7.04. The third-order valence-corrected chi connectivity index (χ3v) is 6.38. The highest BCUT2D eigenvalue weighted by Crippen LogP contribution is 2.21. The lowest BCUT2D eigenvalue weighted by Crippen LogP contribution is -2.37. The number of hydrogen-bond acceptors (Lipinski definition) is 4. The second-order valence-corrected chi connectivity index (χ2v) is 9.05. The number of sulfonamides is 1. The first-order chi connectivity index (χ1) is 14.3. The molecule has 2 aromatic carbocycles. The van der Waals surface area contributed by atoms with Crippen molar-refractivity contribution >= 4 is 44.8 Å². The summed E-state index contributed by atoms with van der Waals surface area (Å²) in [7, 11) is -4.02. The summed E-state index contributed by atoms with van der Waals surface area (Å²) in [6.07, 6.45) is 2.66. The number of hydrogen-bond donors (Lipinski definition) is 1. The molecular weight excluding hydrogens is 452 g/mol. The smallest absolute Gasteiger partial charge is 0.245 e. The molecule has 1 amide bonds. The van der Waals surface area contributed by atoms with Crippen molar-refractivity contribution in [1.82, 2.24) is 9.29 Å². The van der Waals surface area contributed by atoms with Crippen molar-refractivity contribution in [3.63, 3.8) is 0 Å². The van der Waals surface area contributed by atoms with Crippen LogP contribution in [0.3, 0.4) is 0 Å². The number of rotatable bonds is 7. The van der Waals surface area contributed by atoms with Gasteiger partial charge in [-0.05, 0) is 48.0 Å². The molecule has 3 rings (SSSR count). The lowest BCUT2D eigenvalue weighted by molar-refractivity contribution is -0.116. The van der Waals surface area contributed by atoms with Crippen LogP contribution < -0.4 is 5.32 Å². The summed E-state index contributed by atoms with van der Waals surface area (Å²) in [5, 5.41) is 2.87. The summed E-state index contributed by atoms with van der Waals surface area (Å²) in [4.78, 5) is 16.3. The van der Waals surface area contributed by atoms with Gasteiger partial charge in [0.05, 0.1) is 11.6 Å². The molecule has 0 spiro atoms. The van der Waals surface area contributed by atoms with Crippen LogP contribution in [-0.4, -0.2) is 30.2 Å². The maximum absolute atomic E-state index is 13.3. The fourth-order valence-electron chi connectivity index (χ4n) is 2.60. The number of anilines is 1. The SMILES string of the molecule is O=C(CN(Cc1ccc(Cl)cc1)S(=O)(=O)c1cccnc1)Nc1ccc(F)c(Cl)c1. The first kappa shape index (κ1) is 22.2. The van der Waals surface area contributed by atoms with Crippen molar-refractivity contribution in [3.05, 3.63) is 88.4 Å². The Morgan fingerprint density at radius 1 is 1.10 bits per heavy atom. The molecule has 0 saturated carbocycles. The van der Waals surface area contributed by atoms with E-state index < -0.39 is 28.3 Å². The Labute approximate surface area is 183 Å². The van der Waals surface area contributed by atoms with E-state index in [1.807, 2.05) is 0 Å². The van der Waals surface area contributed by atoms with E-state index in [2.05, 4.69) is 10.3 Å². The molecule has 0 aliphatic rings. The van der Waals surface area contributed by atoms with Gasteiger partial charge in [-0.25, -0.2) is 12.8 Å². The molecule has 0 fully saturated rings. The van der Waals surface area contributed by atoms with Gasteiger partial charge in [0.1, 0.15) is 10.7 Å². The van der Waals surface area contributed by atoms with Crippen molar-refractivity contribution in [2.45, 2.75) is 11.4 Å². The standard InChI is InChI=1S/C20H16Cl2FN3O3S/c21-15-5-3-14(4-6-15)12-26(30(28,29)17-2-1-9-24-11-17)13-20(27)25-16-7-8-19(23)18(22)10-16/h1-11H,12-13H2,(H,25,27). The van der Waals surface area contributed by atoms with Gasteiger partial charge in [0.15, 0.2) is 0 Å². The normalized spacial score (nSPS) is 11.5. The molecule has 0 unspecified atom stereocenters. The van der Waals surface area contributed by atoms with Gasteiger partial charge < -0.3 is 5.32 Å². The van der Waals surface area contributed by atoms with Crippen molar-refractivity contribution in [1.29, 1.82) is 0 Å². The number of halogens is 3. The van der Waals surface area contributed by atoms with Crippen LogP contribution >= 0.6 is 23.2 Å². The molecule has 0 aliphatic carbocycles. The van der Waals surface area contributed by atoms with Crippen molar-refractivity contribution in [3.8, 4) is 0 Å². The second kappa shape index (κ2) is 9.53. The highest BCUT2D eigenvalue weighted by atomic mass is 35.5. The largest absolute Gasteiger partial charge is 0.325 e. The Balaban J connectivity index is 1.85.